The Kier molecular flexibility index (Phi) is 2.95. The molecule has 14 heavy (non-hydrogen) atoms. The van der Waals surface area contributed by atoms with Gasteiger partial charge < -0.3 is 4.74 Å². The van der Waals surface area contributed by atoms with E-state index in [1.54, 1.807) is 0 Å². The summed E-state index contributed by atoms with van der Waals surface area (Å²) in [4.78, 5) is 13.5. The number of carbonyl (C=O) groups excluding carboxylic acids is 1. The normalized spacial score (nSPS) is 11.1. The number of pyridine rings is 1. The van der Waals surface area contributed by atoms with Crippen LogP contribution >= 0.6 is 11.6 Å². The van der Waals surface area contributed by atoms with Gasteiger partial charge in [-0.3, -0.25) is 4.79 Å². The molecule has 0 N–H and O–H groups in total. The number of carbonyl (C=O) groups is 1. The van der Waals surface area contributed by atoms with Gasteiger partial charge in [-0.25, -0.2) is 4.98 Å². The molecule has 0 atom stereocenters. The van der Waals surface area contributed by atoms with Crippen molar-refractivity contribution in [1.29, 1.82) is 0 Å². The van der Waals surface area contributed by atoms with Crippen LogP contribution in [0.4, 0.5) is 13.2 Å². The molecule has 1 aromatic heterocycles. The van der Waals surface area contributed by atoms with Crippen LogP contribution in [-0.4, -0.2) is 17.6 Å². The summed E-state index contributed by atoms with van der Waals surface area (Å²) in [5.74, 6) is -0.830. The average Bonchev–Trinajstić information content (AvgIpc) is 2.06. The average molecular weight is 226 g/mol. The molecule has 1 rings (SSSR count). The molecule has 1 heterocycles. The number of hydrogen-bond donors (Lipinski definition) is 0. The molecule has 0 fully saturated rings. The molecule has 0 unspecified atom stereocenters. The number of ether oxygens (including phenoxy) is 1. The van der Waals surface area contributed by atoms with Crippen LogP contribution in [0, 0.1) is 0 Å². The summed E-state index contributed by atoms with van der Waals surface area (Å²) in [6.07, 6.45) is -3.57. The second-order valence-electron chi connectivity index (χ2n) is 2.18. The van der Waals surface area contributed by atoms with Crippen molar-refractivity contribution < 1.29 is 22.7 Å². The fourth-order valence-corrected chi connectivity index (χ4v) is 0.905. The molecule has 0 amide bonds. The first-order valence-electron chi connectivity index (χ1n) is 3.29. The van der Waals surface area contributed by atoms with Crippen molar-refractivity contribution in [2.75, 3.05) is 0 Å². The number of aromatic nitrogens is 1. The summed E-state index contributed by atoms with van der Waals surface area (Å²) in [6, 6.07) is 1.18. The summed E-state index contributed by atoms with van der Waals surface area (Å²) in [6.45, 7) is 0. The molecule has 0 aliphatic heterocycles. The maximum atomic E-state index is 11.7. The Bertz CT molecular complexity index is 353. The molecule has 0 radical (unpaired) electrons. The molecule has 7 heteroatoms. The predicted molar refractivity (Wildman–Crippen MR) is 41.3 cm³/mol. The standard InChI is InChI=1S/C7H3ClF3NO2/c8-5-4(3-13)1-2-12-6(5)14-7(9,10)11/h1-3H. The van der Waals surface area contributed by atoms with Gasteiger partial charge in [0.25, 0.3) is 0 Å². The van der Waals surface area contributed by atoms with E-state index in [0.29, 0.717) is 6.29 Å². The van der Waals surface area contributed by atoms with Crippen LogP contribution in [0.5, 0.6) is 5.88 Å². The Morgan fingerprint density at radius 1 is 1.50 bits per heavy atom. The van der Waals surface area contributed by atoms with E-state index in [-0.39, 0.29) is 5.56 Å². The van der Waals surface area contributed by atoms with Crippen molar-refractivity contribution in [3.05, 3.63) is 22.8 Å². The van der Waals surface area contributed by atoms with E-state index in [2.05, 4.69) is 9.72 Å². The first-order valence-corrected chi connectivity index (χ1v) is 3.67. The number of nitrogens with zero attached hydrogens (tertiary/aromatic N) is 1. The monoisotopic (exact) mass is 225 g/mol. The zero-order valence-corrected chi connectivity index (χ0v) is 7.26. The van der Waals surface area contributed by atoms with E-state index < -0.39 is 17.3 Å². The Morgan fingerprint density at radius 2 is 2.14 bits per heavy atom. The zero-order valence-electron chi connectivity index (χ0n) is 6.51. The summed E-state index contributed by atoms with van der Waals surface area (Å²) in [5.41, 5.74) is -0.110. The largest absolute Gasteiger partial charge is 0.574 e. The van der Waals surface area contributed by atoms with E-state index in [4.69, 9.17) is 11.6 Å². The minimum absolute atomic E-state index is 0.110. The third kappa shape index (κ3) is 2.59. The fourth-order valence-electron chi connectivity index (χ4n) is 0.710. The molecular weight excluding hydrogens is 223 g/mol. The summed E-state index contributed by atoms with van der Waals surface area (Å²) < 4.78 is 38.7. The highest BCUT2D eigenvalue weighted by Crippen LogP contribution is 2.29. The molecule has 0 bridgehead atoms. The van der Waals surface area contributed by atoms with Crippen molar-refractivity contribution in [2.24, 2.45) is 0 Å². The van der Waals surface area contributed by atoms with Gasteiger partial charge in [0.2, 0.25) is 5.88 Å². The molecule has 0 aliphatic carbocycles. The van der Waals surface area contributed by atoms with Gasteiger partial charge >= 0.3 is 6.36 Å². The molecular formula is C7H3ClF3NO2. The third-order valence-corrected chi connectivity index (χ3v) is 1.61. The summed E-state index contributed by atoms with van der Waals surface area (Å²) in [5, 5.41) is -0.458. The molecule has 0 aromatic carbocycles. The predicted octanol–water partition coefficient (Wildman–Crippen LogP) is 2.45. The molecule has 3 nitrogen and oxygen atoms in total. The topological polar surface area (TPSA) is 39.2 Å². The van der Waals surface area contributed by atoms with Gasteiger partial charge in [-0.2, -0.15) is 0 Å². The molecule has 0 spiro atoms. The van der Waals surface area contributed by atoms with Crippen LogP contribution in [0.25, 0.3) is 0 Å². The number of aldehydes is 1. The first-order chi connectivity index (χ1) is 6.44. The smallest absolute Gasteiger partial charge is 0.386 e. The maximum Gasteiger partial charge on any atom is 0.574 e. The van der Waals surface area contributed by atoms with Gasteiger partial charge in [-0.05, 0) is 6.07 Å². The highest BCUT2D eigenvalue weighted by atomic mass is 35.5. The van der Waals surface area contributed by atoms with E-state index in [1.165, 1.54) is 6.07 Å². The first kappa shape index (κ1) is 10.8. The number of rotatable bonds is 2. The van der Waals surface area contributed by atoms with Gasteiger partial charge in [0.1, 0.15) is 5.02 Å². The van der Waals surface area contributed by atoms with Crippen LogP contribution < -0.4 is 4.74 Å². The van der Waals surface area contributed by atoms with Crippen molar-refractivity contribution in [1.82, 2.24) is 4.98 Å². The highest BCUT2D eigenvalue weighted by molar-refractivity contribution is 6.34. The van der Waals surface area contributed by atoms with E-state index >= 15 is 0 Å². The van der Waals surface area contributed by atoms with Crippen molar-refractivity contribution in [3.8, 4) is 5.88 Å². The second-order valence-corrected chi connectivity index (χ2v) is 2.56. The lowest BCUT2D eigenvalue weighted by Crippen LogP contribution is -2.18. The van der Waals surface area contributed by atoms with Gasteiger partial charge in [-0.15, -0.1) is 13.2 Å². The van der Waals surface area contributed by atoms with Crippen molar-refractivity contribution >= 4 is 17.9 Å². The lowest BCUT2D eigenvalue weighted by molar-refractivity contribution is -0.276. The van der Waals surface area contributed by atoms with Crippen molar-refractivity contribution in [2.45, 2.75) is 6.36 Å². The van der Waals surface area contributed by atoms with Crippen LogP contribution in [0.2, 0.25) is 5.02 Å². The third-order valence-electron chi connectivity index (χ3n) is 1.23. The Morgan fingerprint density at radius 3 is 2.64 bits per heavy atom. The molecule has 1 aromatic rings. The summed E-state index contributed by atoms with van der Waals surface area (Å²) in [7, 11) is 0. The van der Waals surface area contributed by atoms with Gasteiger partial charge in [-0.1, -0.05) is 11.6 Å². The van der Waals surface area contributed by atoms with Crippen LogP contribution in [-0.2, 0) is 0 Å². The van der Waals surface area contributed by atoms with E-state index in [1.807, 2.05) is 0 Å². The van der Waals surface area contributed by atoms with Crippen LogP contribution in [0.1, 0.15) is 10.4 Å². The second kappa shape index (κ2) is 3.83. The van der Waals surface area contributed by atoms with E-state index in [0.717, 1.165) is 6.20 Å². The van der Waals surface area contributed by atoms with Crippen LogP contribution in [0.15, 0.2) is 12.3 Å². The lowest BCUT2D eigenvalue weighted by atomic mass is 10.3. The number of halogens is 4. The Hall–Kier alpha value is -1.30. The minimum Gasteiger partial charge on any atom is -0.386 e. The van der Waals surface area contributed by atoms with Gasteiger partial charge in [0, 0.05) is 11.8 Å². The summed E-state index contributed by atoms with van der Waals surface area (Å²) >= 11 is 5.40. The molecule has 0 aliphatic rings. The quantitative estimate of drug-likeness (QED) is 0.726. The lowest BCUT2D eigenvalue weighted by Gasteiger charge is -2.09. The van der Waals surface area contributed by atoms with E-state index in [9.17, 15) is 18.0 Å². The SMILES string of the molecule is O=Cc1ccnc(OC(F)(F)F)c1Cl. The number of alkyl halides is 3. The van der Waals surface area contributed by atoms with Crippen molar-refractivity contribution in [3.63, 3.8) is 0 Å². The number of hydrogen-bond acceptors (Lipinski definition) is 3. The molecule has 0 saturated carbocycles. The van der Waals surface area contributed by atoms with Gasteiger partial charge in [0.05, 0.1) is 0 Å². The molecule has 76 valence electrons. The highest BCUT2D eigenvalue weighted by Gasteiger charge is 2.33. The zero-order chi connectivity index (χ0) is 10.8. The maximum absolute atomic E-state index is 11.7. The Labute approximate surface area is 81.5 Å². The minimum atomic E-state index is -4.88. The molecule has 0 saturated heterocycles. The van der Waals surface area contributed by atoms with Gasteiger partial charge in [0.15, 0.2) is 6.29 Å². The van der Waals surface area contributed by atoms with Crippen LogP contribution in [0.3, 0.4) is 0 Å². The Balaban J connectivity index is 3.04. The fraction of sp³-hybridized carbons (Fsp3) is 0.143.